The van der Waals surface area contributed by atoms with Crippen molar-refractivity contribution in [3.63, 3.8) is 0 Å². The fourth-order valence-electron chi connectivity index (χ4n) is 4.25. The number of hydrogen-bond donors (Lipinski definition) is 3. The Morgan fingerprint density at radius 2 is 1.47 bits per heavy atom. The molecule has 0 aromatic heterocycles. The Bertz CT molecular complexity index is 1670. The molecule has 0 radical (unpaired) electrons. The molecule has 45 heavy (non-hydrogen) atoms. The highest BCUT2D eigenvalue weighted by molar-refractivity contribution is 8.00. The summed E-state index contributed by atoms with van der Waals surface area (Å²) in [6.07, 6.45) is -5.01. The molecular formula is C27H16Cl3F8N3O3S. The Labute approximate surface area is 267 Å². The van der Waals surface area contributed by atoms with Crippen LogP contribution in [-0.2, 0) is 15.8 Å². The van der Waals surface area contributed by atoms with Crippen molar-refractivity contribution in [2.24, 2.45) is 5.92 Å². The molecule has 240 valence electrons. The Balaban J connectivity index is 1.44. The summed E-state index contributed by atoms with van der Waals surface area (Å²) in [4.78, 5) is 37.5. The van der Waals surface area contributed by atoms with Crippen LogP contribution in [0.5, 0.6) is 0 Å². The minimum Gasteiger partial charge on any atom is -0.326 e. The summed E-state index contributed by atoms with van der Waals surface area (Å²) in [5.41, 5.74) is -7.15. The molecule has 3 aromatic carbocycles. The molecule has 18 heteroatoms. The van der Waals surface area contributed by atoms with Crippen LogP contribution >= 0.6 is 46.6 Å². The lowest BCUT2D eigenvalue weighted by Crippen LogP contribution is -2.19. The van der Waals surface area contributed by atoms with Gasteiger partial charge in [-0.05, 0) is 65.9 Å². The summed E-state index contributed by atoms with van der Waals surface area (Å²) >= 11 is 17.9. The van der Waals surface area contributed by atoms with Crippen LogP contribution in [0.4, 0.5) is 52.2 Å². The first-order valence-electron chi connectivity index (χ1n) is 12.2. The van der Waals surface area contributed by atoms with Crippen molar-refractivity contribution in [3.05, 3.63) is 87.9 Å². The fourth-order valence-corrected chi connectivity index (χ4v) is 5.65. The number of benzene rings is 3. The third-order valence-corrected chi connectivity index (χ3v) is 8.34. The molecule has 0 aliphatic heterocycles. The van der Waals surface area contributed by atoms with E-state index < -0.39 is 80.3 Å². The van der Waals surface area contributed by atoms with Gasteiger partial charge in [0.2, 0.25) is 11.8 Å². The predicted octanol–water partition coefficient (Wildman–Crippen LogP) is 8.61. The molecule has 0 saturated heterocycles. The third kappa shape index (κ3) is 8.31. The van der Waals surface area contributed by atoms with E-state index in [1.54, 1.807) is 0 Å². The van der Waals surface area contributed by atoms with Crippen molar-refractivity contribution in [1.29, 1.82) is 0 Å². The molecule has 2 atom stereocenters. The molecule has 3 amide bonds. The van der Waals surface area contributed by atoms with Crippen molar-refractivity contribution in [2.75, 3.05) is 21.7 Å². The zero-order valence-corrected chi connectivity index (χ0v) is 24.9. The van der Waals surface area contributed by atoms with E-state index >= 15 is 0 Å². The summed E-state index contributed by atoms with van der Waals surface area (Å²) in [6, 6.07) is 8.67. The van der Waals surface area contributed by atoms with E-state index in [1.165, 1.54) is 12.1 Å². The zero-order valence-electron chi connectivity index (χ0n) is 21.8. The van der Waals surface area contributed by atoms with Gasteiger partial charge in [-0.2, -0.15) is 26.3 Å². The molecule has 4 rings (SSSR count). The molecule has 0 spiro atoms. The molecule has 0 bridgehead atoms. The monoisotopic (exact) mass is 719 g/mol. The van der Waals surface area contributed by atoms with Gasteiger partial charge in [-0.15, -0.1) is 23.2 Å². The lowest BCUT2D eigenvalue weighted by molar-refractivity contribution is -0.140. The molecule has 3 N–H and O–H groups in total. The fraction of sp³-hybridized carbons (Fsp3) is 0.222. The lowest BCUT2D eigenvalue weighted by atomic mass is 10.0. The zero-order chi connectivity index (χ0) is 33.5. The van der Waals surface area contributed by atoms with Crippen LogP contribution in [0.25, 0.3) is 0 Å². The number of carbonyl (C=O) groups excluding carboxylic acids is 3. The average Bonchev–Trinajstić information content (AvgIpc) is 3.51. The molecule has 1 saturated carbocycles. The van der Waals surface area contributed by atoms with Crippen LogP contribution in [0, 0.1) is 17.6 Å². The van der Waals surface area contributed by atoms with Gasteiger partial charge in [0.25, 0.3) is 5.91 Å². The number of rotatable bonds is 8. The van der Waals surface area contributed by atoms with Gasteiger partial charge in [0.15, 0.2) is 0 Å². The topological polar surface area (TPSA) is 87.3 Å². The largest absolute Gasteiger partial charge is 0.442 e. The van der Waals surface area contributed by atoms with E-state index in [1.807, 2.05) is 0 Å². The normalized spacial score (nSPS) is 17.4. The first-order valence-corrected chi connectivity index (χ1v) is 14.4. The second-order valence-corrected chi connectivity index (χ2v) is 12.4. The summed E-state index contributed by atoms with van der Waals surface area (Å²) in [5.74, 6) is -8.76. The quantitative estimate of drug-likeness (QED) is 0.161. The number of nitrogens with one attached hydrogen (secondary N) is 3. The van der Waals surface area contributed by atoms with E-state index in [-0.39, 0.29) is 33.2 Å². The molecule has 1 fully saturated rings. The maximum Gasteiger partial charge on any atom is 0.442 e. The number of hydrogen-bond acceptors (Lipinski definition) is 4. The number of thioether (sulfide) groups is 1. The summed E-state index contributed by atoms with van der Waals surface area (Å²) < 4.78 is 103. The van der Waals surface area contributed by atoms with Crippen LogP contribution in [0.3, 0.4) is 0 Å². The van der Waals surface area contributed by atoms with Crippen LogP contribution in [-0.4, -0.2) is 33.3 Å². The van der Waals surface area contributed by atoms with Gasteiger partial charge in [-0.25, -0.2) is 8.78 Å². The Morgan fingerprint density at radius 3 is 2.09 bits per heavy atom. The van der Waals surface area contributed by atoms with Crippen LogP contribution in [0.2, 0.25) is 5.02 Å². The van der Waals surface area contributed by atoms with Gasteiger partial charge in [0.05, 0.1) is 33.5 Å². The highest BCUT2D eigenvalue weighted by atomic mass is 35.5. The first kappa shape index (κ1) is 34.6. The minimum atomic E-state index is -5.01. The van der Waals surface area contributed by atoms with Gasteiger partial charge in [0.1, 0.15) is 16.0 Å². The van der Waals surface area contributed by atoms with Gasteiger partial charge in [-0.1, -0.05) is 17.7 Å². The van der Waals surface area contributed by atoms with Crippen molar-refractivity contribution < 1.29 is 49.5 Å². The molecule has 6 nitrogen and oxygen atoms in total. The van der Waals surface area contributed by atoms with Crippen LogP contribution < -0.4 is 16.0 Å². The van der Waals surface area contributed by atoms with E-state index in [9.17, 15) is 49.5 Å². The number of alkyl halides is 8. The molecule has 0 unspecified atom stereocenters. The summed E-state index contributed by atoms with van der Waals surface area (Å²) in [5, 5.41) is 6.62. The average molecular weight is 721 g/mol. The molecule has 1 aliphatic carbocycles. The van der Waals surface area contributed by atoms with Crippen molar-refractivity contribution in [1.82, 2.24) is 0 Å². The van der Waals surface area contributed by atoms with Gasteiger partial charge < -0.3 is 16.0 Å². The summed E-state index contributed by atoms with van der Waals surface area (Å²) in [7, 11) is 0. The smallest absolute Gasteiger partial charge is 0.326 e. The van der Waals surface area contributed by atoms with Gasteiger partial charge >= 0.3 is 11.7 Å². The Morgan fingerprint density at radius 1 is 0.822 bits per heavy atom. The summed E-state index contributed by atoms with van der Waals surface area (Å²) in [6.45, 7) is 0. The highest BCUT2D eigenvalue weighted by Crippen LogP contribution is 2.65. The SMILES string of the molecule is O=C(CSC(F)(F)F)Nc1ccc(NC(=O)c2cc(NC(=O)[C@H]3[C@H](c4ccc(F)c(C(F)(F)F)c4)C3(Cl)Cl)ccc2Cl)c(F)c1. The maximum absolute atomic E-state index is 14.6. The molecular weight excluding hydrogens is 705 g/mol. The van der Waals surface area contributed by atoms with Gasteiger partial charge in [0, 0.05) is 17.3 Å². The molecule has 3 aromatic rings. The van der Waals surface area contributed by atoms with E-state index in [2.05, 4.69) is 16.0 Å². The van der Waals surface area contributed by atoms with Crippen molar-refractivity contribution in [3.8, 4) is 0 Å². The molecule has 0 heterocycles. The van der Waals surface area contributed by atoms with E-state index in [4.69, 9.17) is 34.8 Å². The first-order chi connectivity index (χ1) is 20.8. The highest BCUT2D eigenvalue weighted by Gasteiger charge is 2.67. The second kappa shape index (κ2) is 12.9. The van der Waals surface area contributed by atoms with Crippen molar-refractivity contribution in [2.45, 2.75) is 21.9 Å². The van der Waals surface area contributed by atoms with Gasteiger partial charge in [-0.3, -0.25) is 14.4 Å². The number of anilines is 3. The van der Waals surface area contributed by atoms with E-state index in [0.717, 1.165) is 30.3 Å². The van der Waals surface area contributed by atoms with Crippen LogP contribution in [0.1, 0.15) is 27.4 Å². The number of amides is 3. The second-order valence-electron chi connectivity index (χ2n) is 9.48. The predicted molar refractivity (Wildman–Crippen MR) is 154 cm³/mol. The number of carbonyl (C=O) groups is 3. The standard InChI is InChI=1S/C27H16Cl3F8N3O3S/c28-16-4-2-12(40-24(44)22-21(25(22,29)30)11-1-5-17(31)15(7-11)26(33,34)35)8-14(16)23(43)41-19-6-3-13(9-18(19)32)39-20(42)10-45-27(36,37)38/h1-9,21-22H,10H2,(H,39,42)(H,40,44)(H,41,43)/t21-,22+/m0/s1. The Kier molecular flexibility index (Phi) is 9.88. The maximum atomic E-state index is 14.6. The molecule has 1 aliphatic rings. The van der Waals surface area contributed by atoms with E-state index in [0.29, 0.717) is 12.1 Å². The number of halogens is 11. The van der Waals surface area contributed by atoms with Crippen molar-refractivity contribution >= 4 is 81.3 Å². The minimum absolute atomic E-state index is 0.0188. The van der Waals surface area contributed by atoms with Crippen LogP contribution in [0.15, 0.2) is 54.6 Å². The third-order valence-electron chi connectivity index (χ3n) is 6.34. The Hall–Kier alpha value is -3.27. The lowest BCUT2D eigenvalue weighted by Gasteiger charge is -2.12.